The Morgan fingerprint density at radius 2 is 1.92 bits per heavy atom. The minimum atomic E-state index is -0.507. The van der Waals surface area contributed by atoms with Crippen LogP contribution in [0.5, 0.6) is 0 Å². The maximum Gasteiger partial charge on any atom is 0.312 e. The quantitative estimate of drug-likeness (QED) is 0.478. The monoisotopic (exact) mass is 344 g/mol. The van der Waals surface area contributed by atoms with E-state index in [1.165, 1.54) is 17.3 Å². The van der Waals surface area contributed by atoms with E-state index in [9.17, 15) is 4.79 Å². The lowest BCUT2D eigenvalue weighted by molar-refractivity contribution is -0.151. The van der Waals surface area contributed by atoms with E-state index in [2.05, 4.69) is 22.0 Å². The van der Waals surface area contributed by atoms with Crippen LogP contribution in [0.15, 0.2) is 33.9 Å². The zero-order valence-corrected chi connectivity index (χ0v) is 15.1. The van der Waals surface area contributed by atoms with Crippen molar-refractivity contribution in [2.24, 2.45) is 5.41 Å². The molecule has 0 saturated carbocycles. The number of esters is 1. The average Bonchev–Trinajstić information content (AvgIpc) is 2.99. The molecule has 0 N–H and O–H groups in total. The molecule has 6 heteroatoms. The van der Waals surface area contributed by atoms with E-state index in [-0.39, 0.29) is 12.6 Å². The van der Waals surface area contributed by atoms with Crippen molar-refractivity contribution in [3.63, 3.8) is 0 Å². The highest BCUT2D eigenvalue weighted by molar-refractivity contribution is 7.99. The van der Waals surface area contributed by atoms with E-state index in [0.29, 0.717) is 16.9 Å². The first-order chi connectivity index (χ1) is 11.4. The number of nitrogens with zero attached hydrogens (tertiary/aromatic N) is 2. The van der Waals surface area contributed by atoms with Crippen molar-refractivity contribution >= 4 is 17.7 Å². The first-order valence-electron chi connectivity index (χ1n) is 7.52. The molecule has 0 atom stereocenters. The lowest BCUT2D eigenvalue weighted by Gasteiger charge is -2.14. The predicted octanol–water partition coefficient (Wildman–Crippen LogP) is 3.73. The lowest BCUT2D eigenvalue weighted by atomic mass is 9.97. The summed E-state index contributed by atoms with van der Waals surface area (Å²) in [6, 6.07) is 7.88. The van der Waals surface area contributed by atoms with Crippen LogP contribution >= 0.6 is 11.8 Å². The van der Waals surface area contributed by atoms with Crippen LogP contribution in [0.25, 0.3) is 11.5 Å². The first kappa shape index (κ1) is 18.1. The van der Waals surface area contributed by atoms with E-state index in [1.807, 2.05) is 31.2 Å². The summed E-state index contributed by atoms with van der Waals surface area (Å²) in [6.45, 7) is 7.53. The number of benzene rings is 1. The van der Waals surface area contributed by atoms with Crippen molar-refractivity contribution in [1.82, 2.24) is 10.2 Å². The van der Waals surface area contributed by atoms with E-state index < -0.39 is 5.41 Å². The maximum atomic E-state index is 11.5. The highest BCUT2D eigenvalue weighted by atomic mass is 32.2. The second-order valence-corrected chi connectivity index (χ2v) is 7.13. The van der Waals surface area contributed by atoms with Crippen molar-refractivity contribution in [2.75, 3.05) is 12.4 Å². The number of carbonyl (C=O) groups excluding carboxylic acids is 1. The Labute approximate surface area is 146 Å². The summed E-state index contributed by atoms with van der Waals surface area (Å²) in [6.07, 6.45) is 0. The van der Waals surface area contributed by atoms with Crippen molar-refractivity contribution < 1.29 is 13.9 Å². The fraction of sp³-hybridized carbons (Fsp3) is 0.389. The summed E-state index contributed by atoms with van der Waals surface area (Å²) in [5, 5.41) is 8.48. The molecule has 1 aromatic carbocycles. The van der Waals surface area contributed by atoms with Gasteiger partial charge >= 0.3 is 5.97 Å². The second-order valence-electron chi connectivity index (χ2n) is 6.21. The van der Waals surface area contributed by atoms with Crippen LogP contribution in [0.3, 0.4) is 0 Å². The summed E-state index contributed by atoms with van der Waals surface area (Å²) in [4.78, 5) is 11.5. The van der Waals surface area contributed by atoms with Crippen LogP contribution in [0, 0.1) is 24.2 Å². The van der Waals surface area contributed by atoms with Gasteiger partial charge in [0.15, 0.2) is 6.61 Å². The summed E-state index contributed by atoms with van der Waals surface area (Å²) >= 11 is 1.35. The molecule has 1 heterocycles. The van der Waals surface area contributed by atoms with Crippen LogP contribution in [-0.4, -0.2) is 28.5 Å². The number of ether oxygens (including phenoxy) is 1. The molecular formula is C18H20N2O3S. The Hall–Kier alpha value is -2.26. The van der Waals surface area contributed by atoms with Gasteiger partial charge in [0, 0.05) is 5.56 Å². The van der Waals surface area contributed by atoms with Gasteiger partial charge in [-0.3, -0.25) is 4.79 Å². The Morgan fingerprint density at radius 1 is 1.21 bits per heavy atom. The van der Waals surface area contributed by atoms with Gasteiger partial charge in [-0.15, -0.1) is 10.2 Å². The summed E-state index contributed by atoms with van der Waals surface area (Å²) in [5.41, 5.74) is 1.56. The number of hydrogen-bond donors (Lipinski definition) is 0. The molecule has 0 bridgehead atoms. The van der Waals surface area contributed by atoms with Crippen LogP contribution in [-0.2, 0) is 9.53 Å². The van der Waals surface area contributed by atoms with Gasteiger partial charge in [0.2, 0.25) is 5.89 Å². The maximum absolute atomic E-state index is 11.5. The lowest BCUT2D eigenvalue weighted by Crippen LogP contribution is -2.22. The zero-order valence-electron chi connectivity index (χ0n) is 14.3. The molecule has 0 unspecified atom stereocenters. The molecule has 0 saturated heterocycles. The molecular weight excluding hydrogens is 324 g/mol. The number of rotatable bonds is 4. The molecule has 0 amide bonds. The molecule has 0 fully saturated rings. The topological polar surface area (TPSA) is 65.2 Å². The SMILES string of the molecule is Cc1ccc(-c2nnc(SCC#CCOC(=O)C(C)(C)C)o2)cc1. The summed E-state index contributed by atoms with van der Waals surface area (Å²) in [5.74, 6) is 6.42. The van der Waals surface area contributed by atoms with Crippen molar-refractivity contribution in [3.05, 3.63) is 29.8 Å². The van der Waals surface area contributed by atoms with E-state index >= 15 is 0 Å². The van der Waals surface area contributed by atoms with Gasteiger partial charge in [0.1, 0.15) is 0 Å². The fourth-order valence-electron chi connectivity index (χ4n) is 1.60. The van der Waals surface area contributed by atoms with Gasteiger partial charge in [-0.2, -0.15) is 0 Å². The Bertz CT molecular complexity index is 749. The molecule has 0 aliphatic carbocycles. The third-order valence-electron chi connectivity index (χ3n) is 2.99. The van der Waals surface area contributed by atoms with Crippen LogP contribution in [0.4, 0.5) is 0 Å². The average molecular weight is 344 g/mol. The Morgan fingerprint density at radius 3 is 2.58 bits per heavy atom. The van der Waals surface area contributed by atoms with E-state index in [1.54, 1.807) is 20.8 Å². The minimum absolute atomic E-state index is 0.0924. The highest BCUT2D eigenvalue weighted by Gasteiger charge is 2.22. The molecule has 2 aromatic rings. The van der Waals surface area contributed by atoms with Gasteiger partial charge in [-0.25, -0.2) is 0 Å². The predicted molar refractivity (Wildman–Crippen MR) is 93.4 cm³/mol. The van der Waals surface area contributed by atoms with E-state index in [4.69, 9.17) is 9.15 Å². The Kier molecular flexibility index (Phi) is 6.04. The summed E-state index contributed by atoms with van der Waals surface area (Å²) in [7, 11) is 0. The molecule has 0 spiro atoms. The number of aromatic nitrogens is 2. The van der Waals surface area contributed by atoms with Crippen molar-refractivity contribution in [2.45, 2.75) is 32.9 Å². The highest BCUT2D eigenvalue weighted by Crippen LogP contribution is 2.23. The van der Waals surface area contributed by atoms with Gasteiger partial charge in [0.25, 0.3) is 5.22 Å². The zero-order chi connectivity index (χ0) is 17.6. The molecule has 1 aromatic heterocycles. The van der Waals surface area contributed by atoms with Crippen molar-refractivity contribution in [1.29, 1.82) is 0 Å². The first-order valence-corrected chi connectivity index (χ1v) is 8.51. The summed E-state index contributed by atoms with van der Waals surface area (Å²) < 4.78 is 10.6. The molecule has 5 nitrogen and oxygen atoms in total. The number of thioether (sulfide) groups is 1. The third-order valence-corrected chi connectivity index (χ3v) is 3.69. The molecule has 0 radical (unpaired) electrons. The van der Waals surface area contributed by atoms with Crippen LogP contribution in [0.2, 0.25) is 0 Å². The standard InChI is InChI=1S/C18H20N2O3S/c1-13-7-9-14(10-8-13)15-19-20-17(23-15)24-12-6-5-11-22-16(21)18(2,3)4/h7-10H,11-12H2,1-4H3. The van der Waals surface area contributed by atoms with Crippen molar-refractivity contribution in [3.8, 4) is 23.3 Å². The fourth-order valence-corrected chi connectivity index (χ4v) is 2.13. The smallest absolute Gasteiger partial charge is 0.312 e. The van der Waals surface area contributed by atoms with E-state index in [0.717, 1.165) is 5.56 Å². The number of aryl methyl sites for hydroxylation is 1. The molecule has 2 rings (SSSR count). The molecule has 24 heavy (non-hydrogen) atoms. The van der Waals surface area contributed by atoms with Gasteiger partial charge < -0.3 is 9.15 Å². The number of carbonyl (C=O) groups is 1. The Balaban J connectivity index is 1.79. The van der Waals surface area contributed by atoms with Gasteiger partial charge in [-0.05, 0) is 39.8 Å². The third kappa shape index (κ3) is 5.43. The molecule has 0 aliphatic rings. The second kappa shape index (κ2) is 8.02. The van der Waals surface area contributed by atoms with Crippen LogP contribution < -0.4 is 0 Å². The molecule has 0 aliphatic heterocycles. The van der Waals surface area contributed by atoms with Gasteiger partial charge in [-0.1, -0.05) is 41.3 Å². The number of hydrogen-bond acceptors (Lipinski definition) is 6. The largest absolute Gasteiger partial charge is 0.452 e. The molecule has 126 valence electrons. The minimum Gasteiger partial charge on any atom is -0.452 e. The normalized spacial score (nSPS) is 10.8. The van der Waals surface area contributed by atoms with Crippen LogP contribution in [0.1, 0.15) is 26.3 Å². The van der Waals surface area contributed by atoms with Gasteiger partial charge in [0.05, 0.1) is 11.2 Å².